The molecule has 0 unspecified atom stereocenters. The number of aliphatic carboxylic acids is 1. The number of amides is 1. The van der Waals surface area contributed by atoms with Gasteiger partial charge in [-0.1, -0.05) is 18.2 Å². The number of hydrogen-bond acceptors (Lipinski definition) is 3. The average Bonchev–Trinajstić information content (AvgIpc) is 2.82. The van der Waals surface area contributed by atoms with Crippen LogP contribution in [0.2, 0.25) is 0 Å². The summed E-state index contributed by atoms with van der Waals surface area (Å²) in [6.45, 7) is 0.0949. The second-order valence-electron chi connectivity index (χ2n) is 4.55. The van der Waals surface area contributed by atoms with Crippen LogP contribution in [0, 0.1) is 0 Å². The van der Waals surface area contributed by atoms with Gasteiger partial charge in [0.05, 0.1) is 6.54 Å². The lowest BCUT2D eigenvalue weighted by Gasteiger charge is -2.14. The monoisotopic (exact) mass is 275 g/mol. The maximum Gasteiger partial charge on any atom is 0.326 e. The van der Waals surface area contributed by atoms with Crippen LogP contribution in [0.4, 0.5) is 0 Å². The molecule has 2 rings (SSSR count). The van der Waals surface area contributed by atoms with Crippen LogP contribution in [-0.4, -0.2) is 41.6 Å². The third-order valence-electron chi connectivity index (χ3n) is 3.07. The second-order valence-corrected chi connectivity index (χ2v) is 4.55. The SMILES string of the molecule is CNCC(=O)N[C@H](Cc1c[nH]c2ccccc12)C(=O)O. The van der Waals surface area contributed by atoms with E-state index < -0.39 is 12.0 Å². The first-order valence-corrected chi connectivity index (χ1v) is 6.33. The number of aromatic amines is 1. The summed E-state index contributed by atoms with van der Waals surface area (Å²) in [7, 11) is 1.63. The lowest BCUT2D eigenvalue weighted by molar-refractivity contribution is -0.141. The first-order chi connectivity index (χ1) is 9.61. The van der Waals surface area contributed by atoms with Crippen molar-refractivity contribution >= 4 is 22.8 Å². The zero-order valence-electron chi connectivity index (χ0n) is 11.1. The first-order valence-electron chi connectivity index (χ1n) is 6.33. The van der Waals surface area contributed by atoms with Crippen LogP contribution < -0.4 is 10.6 Å². The molecule has 1 heterocycles. The van der Waals surface area contributed by atoms with E-state index in [4.69, 9.17) is 0 Å². The third-order valence-corrected chi connectivity index (χ3v) is 3.07. The van der Waals surface area contributed by atoms with Crippen LogP contribution in [0.5, 0.6) is 0 Å². The summed E-state index contributed by atoms with van der Waals surface area (Å²) in [5, 5.41) is 15.4. The normalized spacial score (nSPS) is 12.2. The molecule has 0 aliphatic carbocycles. The van der Waals surface area contributed by atoms with E-state index in [1.807, 2.05) is 24.3 Å². The van der Waals surface area contributed by atoms with Gasteiger partial charge < -0.3 is 20.7 Å². The zero-order valence-corrected chi connectivity index (χ0v) is 11.1. The highest BCUT2D eigenvalue weighted by molar-refractivity contribution is 5.87. The topological polar surface area (TPSA) is 94.2 Å². The Labute approximate surface area is 116 Å². The molecule has 20 heavy (non-hydrogen) atoms. The summed E-state index contributed by atoms with van der Waals surface area (Å²) in [6, 6.07) is 6.72. The number of carboxylic acids is 1. The van der Waals surface area contributed by atoms with Crippen molar-refractivity contribution in [1.29, 1.82) is 0 Å². The van der Waals surface area contributed by atoms with Crippen molar-refractivity contribution in [2.45, 2.75) is 12.5 Å². The number of para-hydroxylation sites is 1. The van der Waals surface area contributed by atoms with E-state index >= 15 is 0 Å². The lowest BCUT2D eigenvalue weighted by Crippen LogP contribution is -2.45. The number of benzene rings is 1. The second kappa shape index (κ2) is 6.21. The van der Waals surface area contributed by atoms with Crippen LogP contribution in [0.25, 0.3) is 10.9 Å². The molecule has 0 saturated heterocycles. The Morgan fingerprint density at radius 3 is 2.80 bits per heavy atom. The van der Waals surface area contributed by atoms with Crippen molar-refractivity contribution in [3.05, 3.63) is 36.0 Å². The molecular formula is C14H17N3O3. The number of carbonyl (C=O) groups is 2. The number of carboxylic acid groups (broad SMARTS) is 1. The highest BCUT2D eigenvalue weighted by Gasteiger charge is 2.21. The molecule has 1 aromatic carbocycles. The maximum atomic E-state index is 11.5. The predicted octanol–water partition coefficient (Wildman–Crippen LogP) is 0.499. The van der Waals surface area contributed by atoms with Gasteiger partial charge in [0.2, 0.25) is 5.91 Å². The molecule has 6 nitrogen and oxygen atoms in total. The summed E-state index contributed by atoms with van der Waals surface area (Å²) in [5.41, 5.74) is 1.82. The van der Waals surface area contributed by atoms with Crippen LogP contribution >= 0.6 is 0 Å². The Kier molecular flexibility index (Phi) is 4.37. The van der Waals surface area contributed by atoms with Crippen LogP contribution in [0.3, 0.4) is 0 Å². The quantitative estimate of drug-likeness (QED) is 0.617. The number of fused-ring (bicyclic) bond motifs is 1. The van der Waals surface area contributed by atoms with Gasteiger partial charge in [-0.3, -0.25) is 4.79 Å². The molecule has 106 valence electrons. The maximum absolute atomic E-state index is 11.5. The van der Waals surface area contributed by atoms with Gasteiger partial charge in [-0.25, -0.2) is 4.79 Å². The smallest absolute Gasteiger partial charge is 0.326 e. The van der Waals surface area contributed by atoms with Crippen molar-refractivity contribution in [3.63, 3.8) is 0 Å². The van der Waals surface area contributed by atoms with Crippen LogP contribution in [0.15, 0.2) is 30.5 Å². The van der Waals surface area contributed by atoms with Crippen molar-refractivity contribution in [1.82, 2.24) is 15.6 Å². The minimum Gasteiger partial charge on any atom is -0.480 e. The molecule has 0 spiro atoms. The van der Waals surface area contributed by atoms with E-state index in [-0.39, 0.29) is 18.9 Å². The first kappa shape index (κ1) is 14.1. The van der Waals surface area contributed by atoms with Crippen molar-refractivity contribution < 1.29 is 14.7 Å². The van der Waals surface area contributed by atoms with Gasteiger partial charge in [0.25, 0.3) is 0 Å². The fourth-order valence-corrected chi connectivity index (χ4v) is 2.13. The molecule has 4 N–H and O–H groups in total. The van der Waals surface area contributed by atoms with Gasteiger partial charge in [-0.2, -0.15) is 0 Å². The number of aromatic nitrogens is 1. The van der Waals surface area contributed by atoms with Gasteiger partial charge in [0, 0.05) is 23.5 Å². The minimum absolute atomic E-state index is 0.0949. The molecule has 0 saturated carbocycles. The fraction of sp³-hybridized carbons (Fsp3) is 0.286. The van der Waals surface area contributed by atoms with E-state index in [1.54, 1.807) is 13.2 Å². The summed E-state index contributed by atoms with van der Waals surface area (Å²) in [6.07, 6.45) is 2.03. The van der Waals surface area contributed by atoms with Crippen LogP contribution in [-0.2, 0) is 16.0 Å². The lowest BCUT2D eigenvalue weighted by atomic mass is 10.1. The van der Waals surface area contributed by atoms with Gasteiger partial charge in [0.1, 0.15) is 6.04 Å². The molecule has 0 aliphatic heterocycles. The third kappa shape index (κ3) is 3.16. The Bertz CT molecular complexity index is 621. The number of likely N-dealkylation sites (N-methyl/N-ethyl adjacent to an activating group) is 1. The van der Waals surface area contributed by atoms with Crippen LogP contribution in [0.1, 0.15) is 5.56 Å². The zero-order chi connectivity index (χ0) is 14.5. The molecule has 1 aromatic heterocycles. The van der Waals surface area contributed by atoms with Gasteiger partial charge in [0.15, 0.2) is 0 Å². The van der Waals surface area contributed by atoms with Crippen molar-refractivity contribution in [3.8, 4) is 0 Å². The Morgan fingerprint density at radius 1 is 1.35 bits per heavy atom. The Hall–Kier alpha value is -2.34. The van der Waals surface area contributed by atoms with E-state index in [9.17, 15) is 14.7 Å². The van der Waals surface area contributed by atoms with E-state index in [1.165, 1.54) is 0 Å². The number of nitrogens with one attached hydrogen (secondary N) is 3. The molecule has 0 fully saturated rings. The average molecular weight is 275 g/mol. The standard InChI is InChI=1S/C14H17N3O3/c1-15-8-13(18)17-12(14(19)20)6-9-7-16-11-5-3-2-4-10(9)11/h2-5,7,12,15-16H,6,8H2,1H3,(H,17,18)(H,19,20)/t12-/m1/s1. The molecule has 1 atom stereocenters. The molecule has 1 amide bonds. The van der Waals surface area contributed by atoms with Gasteiger partial charge in [-0.15, -0.1) is 0 Å². The molecule has 2 aromatic rings. The minimum atomic E-state index is -1.04. The number of carbonyl (C=O) groups excluding carboxylic acids is 1. The number of hydrogen-bond donors (Lipinski definition) is 4. The summed E-state index contributed by atoms with van der Waals surface area (Å²) in [5.74, 6) is -1.38. The highest BCUT2D eigenvalue weighted by atomic mass is 16.4. The molecule has 0 radical (unpaired) electrons. The molecule has 0 aliphatic rings. The summed E-state index contributed by atoms with van der Waals surface area (Å²) >= 11 is 0. The molecular weight excluding hydrogens is 258 g/mol. The highest BCUT2D eigenvalue weighted by Crippen LogP contribution is 2.19. The summed E-state index contributed by atoms with van der Waals surface area (Å²) < 4.78 is 0. The Morgan fingerprint density at radius 2 is 2.10 bits per heavy atom. The summed E-state index contributed by atoms with van der Waals surface area (Å²) in [4.78, 5) is 25.9. The van der Waals surface area contributed by atoms with E-state index in [0.29, 0.717) is 0 Å². The van der Waals surface area contributed by atoms with E-state index in [2.05, 4.69) is 15.6 Å². The number of H-pyrrole nitrogens is 1. The molecule has 0 bridgehead atoms. The Balaban J connectivity index is 2.15. The van der Waals surface area contributed by atoms with E-state index in [0.717, 1.165) is 16.5 Å². The van der Waals surface area contributed by atoms with Crippen molar-refractivity contribution in [2.24, 2.45) is 0 Å². The number of rotatable bonds is 6. The van der Waals surface area contributed by atoms with Crippen molar-refractivity contribution in [2.75, 3.05) is 13.6 Å². The largest absolute Gasteiger partial charge is 0.480 e. The predicted molar refractivity (Wildman–Crippen MR) is 75.5 cm³/mol. The molecule has 6 heteroatoms. The fourth-order valence-electron chi connectivity index (χ4n) is 2.13. The van der Waals surface area contributed by atoms with Gasteiger partial charge >= 0.3 is 5.97 Å². The van der Waals surface area contributed by atoms with Gasteiger partial charge in [-0.05, 0) is 18.7 Å².